The van der Waals surface area contributed by atoms with E-state index in [1.54, 1.807) is 12.1 Å². The fourth-order valence-corrected chi connectivity index (χ4v) is 0.718. The summed E-state index contributed by atoms with van der Waals surface area (Å²) in [5.74, 6) is 0. The Morgan fingerprint density at radius 2 is 2.50 bits per heavy atom. The lowest BCUT2D eigenvalue weighted by atomic mass is 10.2. The molecular formula is C7H7NO2. The zero-order valence-electron chi connectivity index (χ0n) is 5.36. The average Bonchev–Trinajstić information content (AvgIpc) is 1.88. The van der Waals surface area contributed by atoms with Crippen LogP contribution in [0, 0.1) is 5.21 Å². The van der Waals surface area contributed by atoms with Crippen LogP contribution in [0.15, 0.2) is 24.5 Å². The van der Waals surface area contributed by atoms with Gasteiger partial charge in [0.2, 0.25) is 0 Å². The van der Waals surface area contributed by atoms with Crippen LogP contribution in [0.5, 0.6) is 0 Å². The van der Waals surface area contributed by atoms with Gasteiger partial charge in [-0.05, 0) is 6.07 Å². The highest BCUT2D eigenvalue weighted by Crippen LogP contribution is 1.91. The number of carbonyl (C=O) groups excluding carboxylic acids is 1. The van der Waals surface area contributed by atoms with Crippen molar-refractivity contribution in [3.8, 4) is 0 Å². The Labute approximate surface area is 58.5 Å². The quantitative estimate of drug-likeness (QED) is 0.328. The van der Waals surface area contributed by atoms with E-state index >= 15 is 0 Å². The molecule has 0 fully saturated rings. The summed E-state index contributed by atoms with van der Waals surface area (Å²) in [7, 11) is 0. The molecule has 1 heterocycles. The van der Waals surface area contributed by atoms with Gasteiger partial charge in [-0.15, -0.1) is 0 Å². The van der Waals surface area contributed by atoms with Crippen molar-refractivity contribution in [3.63, 3.8) is 0 Å². The first-order chi connectivity index (χ1) is 4.83. The normalized spacial score (nSPS) is 9.20. The summed E-state index contributed by atoms with van der Waals surface area (Å²) in [5.41, 5.74) is 0.743. The highest BCUT2D eigenvalue weighted by Gasteiger charge is 1.93. The third-order valence-corrected chi connectivity index (χ3v) is 1.16. The van der Waals surface area contributed by atoms with Gasteiger partial charge >= 0.3 is 0 Å². The SMILES string of the molecule is O=CCc1ccc[n+]([O-])c1. The first-order valence-corrected chi connectivity index (χ1v) is 2.94. The monoisotopic (exact) mass is 137 g/mol. The summed E-state index contributed by atoms with van der Waals surface area (Å²) in [4.78, 5) is 9.97. The molecule has 3 nitrogen and oxygen atoms in total. The minimum absolute atomic E-state index is 0.309. The Balaban J connectivity index is 2.84. The first-order valence-electron chi connectivity index (χ1n) is 2.94. The first kappa shape index (κ1) is 6.74. The van der Waals surface area contributed by atoms with E-state index in [1.165, 1.54) is 12.4 Å². The molecule has 1 rings (SSSR count). The van der Waals surface area contributed by atoms with Gasteiger partial charge in [0.05, 0.1) is 0 Å². The molecule has 0 amide bonds. The van der Waals surface area contributed by atoms with Crippen LogP contribution < -0.4 is 4.73 Å². The highest BCUT2D eigenvalue weighted by atomic mass is 16.5. The van der Waals surface area contributed by atoms with Crippen LogP contribution in [0.3, 0.4) is 0 Å². The Hall–Kier alpha value is -1.38. The average molecular weight is 137 g/mol. The lowest BCUT2D eigenvalue weighted by molar-refractivity contribution is -0.605. The maximum atomic E-state index is 10.6. The summed E-state index contributed by atoms with van der Waals surface area (Å²) in [5, 5.41) is 10.6. The van der Waals surface area contributed by atoms with E-state index in [9.17, 15) is 10.0 Å². The molecule has 10 heavy (non-hydrogen) atoms. The van der Waals surface area contributed by atoms with Crippen molar-refractivity contribution in [1.82, 2.24) is 0 Å². The molecule has 0 aliphatic carbocycles. The van der Waals surface area contributed by atoms with E-state index < -0.39 is 0 Å². The van der Waals surface area contributed by atoms with Gasteiger partial charge in [-0.3, -0.25) is 0 Å². The minimum atomic E-state index is 0.309. The molecule has 3 heteroatoms. The molecule has 0 N–H and O–H groups in total. The topological polar surface area (TPSA) is 44.0 Å². The summed E-state index contributed by atoms with van der Waals surface area (Å²) in [6, 6.07) is 3.36. The van der Waals surface area contributed by atoms with Gasteiger partial charge in [0.25, 0.3) is 0 Å². The minimum Gasteiger partial charge on any atom is -0.619 e. The largest absolute Gasteiger partial charge is 0.619 e. The second-order valence-electron chi connectivity index (χ2n) is 1.94. The maximum Gasteiger partial charge on any atom is 0.183 e. The second-order valence-corrected chi connectivity index (χ2v) is 1.94. The van der Waals surface area contributed by atoms with Crippen LogP contribution in [0.4, 0.5) is 0 Å². The van der Waals surface area contributed by atoms with Gasteiger partial charge in [0.1, 0.15) is 6.29 Å². The number of hydrogen-bond donors (Lipinski definition) is 0. The third kappa shape index (κ3) is 1.55. The zero-order valence-corrected chi connectivity index (χ0v) is 5.36. The molecule has 0 atom stereocenters. The molecule has 0 aromatic carbocycles. The Bertz CT molecular complexity index is 235. The standard InChI is InChI=1S/C7H7NO2/c9-5-3-7-2-1-4-8(10)6-7/h1-2,4-6H,3H2. The molecule has 0 saturated carbocycles. The van der Waals surface area contributed by atoms with E-state index in [0.717, 1.165) is 11.8 Å². The Morgan fingerprint density at radius 1 is 1.70 bits per heavy atom. The van der Waals surface area contributed by atoms with Crippen molar-refractivity contribution in [1.29, 1.82) is 0 Å². The predicted octanol–water partition coefficient (Wildman–Crippen LogP) is 0.0614. The van der Waals surface area contributed by atoms with Crippen LogP contribution in [-0.4, -0.2) is 6.29 Å². The third-order valence-electron chi connectivity index (χ3n) is 1.16. The van der Waals surface area contributed by atoms with Gasteiger partial charge < -0.3 is 10.0 Å². The maximum absolute atomic E-state index is 10.6. The molecule has 52 valence electrons. The fourth-order valence-electron chi connectivity index (χ4n) is 0.718. The number of hydrogen-bond acceptors (Lipinski definition) is 2. The van der Waals surface area contributed by atoms with E-state index in [0.29, 0.717) is 11.2 Å². The van der Waals surface area contributed by atoms with Crippen molar-refractivity contribution in [3.05, 3.63) is 35.3 Å². The van der Waals surface area contributed by atoms with E-state index in [-0.39, 0.29) is 0 Å². The van der Waals surface area contributed by atoms with Gasteiger partial charge in [-0.25, -0.2) is 0 Å². The fraction of sp³-hybridized carbons (Fsp3) is 0.143. The molecule has 0 bridgehead atoms. The molecule has 0 unspecified atom stereocenters. The lowest BCUT2D eigenvalue weighted by Crippen LogP contribution is -2.24. The Morgan fingerprint density at radius 3 is 3.10 bits per heavy atom. The lowest BCUT2D eigenvalue weighted by Gasteiger charge is -1.95. The van der Waals surface area contributed by atoms with Crippen molar-refractivity contribution < 1.29 is 9.52 Å². The molecular weight excluding hydrogens is 130 g/mol. The summed E-state index contributed by atoms with van der Waals surface area (Å²) < 4.78 is 0.679. The van der Waals surface area contributed by atoms with E-state index in [4.69, 9.17) is 0 Å². The van der Waals surface area contributed by atoms with Crippen LogP contribution in [-0.2, 0) is 11.2 Å². The van der Waals surface area contributed by atoms with Crippen molar-refractivity contribution in [2.75, 3.05) is 0 Å². The number of aromatic nitrogens is 1. The van der Waals surface area contributed by atoms with Crippen molar-refractivity contribution >= 4 is 6.29 Å². The molecule has 0 aliphatic rings. The number of rotatable bonds is 2. The number of pyridine rings is 1. The summed E-state index contributed by atoms with van der Waals surface area (Å²) in [6.45, 7) is 0. The van der Waals surface area contributed by atoms with Crippen LogP contribution >= 0.6 is 0 Å². The van der Waals surface area contributed by atoms with E-state index in [2.05, 4.69) is 0 Å². The second kappa shape index (κ2) is 2.96. The van der Waals surface area contributed by atoms with Gasteiger partial charge in [-0.1, -0.05) is 0 Å². The van der Waals surface area contributed by atoms with Gasteiger partial charge in [-0.2, -0.15) is 4.73 Å². The molecule has 0 saturated heterocycles. The predicted molar refractivity (Wildman–Crippen MR) is 35.2 cm³/mol. The van der Waals surface area contributed by atoms with Crippen LogP contribution in [0.1, 0.15) is 5.56 Å². The van der Waals surface area contributed by atoms with Gasteiger partial charge in [0, 0.05) is 18.1 Å². The molecule has 1 aromatic heterocycles. The van der Waals surface area contributed by atoms with Crippen LogP contribution in [0.25, 0.3) is 0 Å². The molecule has 0 spiro atoms. The smallest absolute Gasteiger partial charge is 0.183 e. The number of aldehydes is 1. The summed E-state index contributed by atoms with van der Waals surface area (Å²) >= 11 is 0. The Kier molecular flexibility index (Phi) is 1.99. The van der Waals surface area contributed by atoms with Gasteiger partial charge in [0.15, 0.2) is 12.4 Å². The van der Waals surface area contributed by atoms with E-state index in [1.807, 2.05) is 0 Å². The van der Waals surface area contributed by atoms with Crippen molar-refractivity contribution in [2.45, 2.75) is 6.42 Å². The molecule has 0 aliphatic heterocycles. The van der Waals surface area contributed by atoms with Crippen molar-refractivity contribution in [2.24, 2.45) is 0 Å². The molecule has 1 aromatic rings. The number of nitrogens with zero attached hydrogens (tertiary/aromatic N) is 1. The summed E-state index contributed by atoms with van der Waals surface area (Å²) in [6.07, 6.45) is 3.85. The highest BCUT2D eigenvalue weighted by molar-refractivity contribution is 5.54. The number of carbonyl (C=O) groups is 1. The van der Waals surface area contributed by atoms with Crippen LogP contribution in [0.2, 0.25) is 0 Å². The molecule has 0 radical (unpaired) electrons. The zero-order chi connectivity index (χ0) is 7.40.